The molecule has 0 radical (unpaired) electrons. The molecular weight excluding hydrogens is 279 g/mol. The van der Waals surface area contributed by atoms with Gasteiger partial charge in [0.05, 0.1) is 11.5 Å². The Morgan fingerprint density at radius 1 is 1.25 bits per heavy atom. The minimum Gasteiger partial charge on any atom is -0.503 e. The number of phenols is 1. The van der Waals surface area contributed by atoms with E-state index in [9.17, 15) is 22.8 Å². The number of carboxylic acids is 1. The molecule has 0 aliphatic carbocycles. The summed E-state index contributed by atoms with van der Waals surface area (Å²) in [5, 5.41) is 17.8. The first-order valence-corrected chi connectivity index (χ1v) is 5.71. The highest BCUT2D eigenvalue weighted by Gasteiger charge is 2.33. The van der Waals surface area contributed by atoms with Crippen molar-refractivity contribution < 1.29 is 33.0 Å². The summed E-state index contributed by atoms with van der Waals surface area (Å²) < 4.78 is 39.6. The molecule has 8 heteroatoms. The van der Waals surface area contributed by atoms with Crippen LogP contribution in [0.2, 0.25) is 0 Å². The average molecular weight is 289 g/mol. The summed E-state index contributed by atoms with van der Waals surface area (Å²) in [6.07, 6.45) is 0.193. The zero-order chi connectivity index (χ0) is 15.0. The van der Waals surface area contributed by atoms with Gasteiger partial charge in [0.25, 0.3) is 5.91 Å². The molecule has 0 saturated carbocycles. The van der Waals surface area contributed by atoms with E-state index in [0.717, 1.165) is 4.90 Å². The number of carboxylic acid groups (broad SMARTS) is 1. The van der Waals surface area contributed by atoms with E-state index in [4.69, 9.17) is 10.2 Å². The summed E-state index contributed by atoms with van der Waals surface area (Å²) in [5.74, 6) is -9.31. The van der Waals surface area contributed by atoms with Crippen LogP contribution in [0.4, 0.5) is 13.2 Å². The van der Waals surface area contributed by atoms with Gasteiger partial charge in [-0.25, -0.2) is 8.78 Å². The van der Waals surface area contributed by atoms with Crippen molar-refractivity contribution in [2.45, 2.75) is 6.42 Å². The standard InChI is InChI=1S/C12H10F3NO4/c13-7-3-6(8(14)10(17)9(7)15)11(18)16-2-1-5(4-16)12(19)20/h3,5,17H,1-2,4H2,(H,19,20). The van der Waals surface area contributed by atoms with Crippen LogP contribution >= 0.6 is 0 Å². The number of hydrogen-bond donors (Lipinski definition) is 2. The molecule has 5 nitrogen and oxygen atoms in total. The second-order valence-electron chi connectivity index (χ2n) is 4.46. The zero-order valence-electron chi connectivity index (χ0n) is 10.1. The van der Waals surface area contributed by atoms with E-state index in [1.807, 2.05) is 0 Å². The van der Waals surface area contributed by atoms with Crippen molar-refractivity contribution in [1.82, 2.24) is 4.90 Å². The molecule has 2 N–H and O–H groups in total. The summed E-state index contributed by atoms with van der Waals surface area (Å²) in [6, 6.07) is 0.348. The molecule has 1 aliphatic heterocycles. The average Bonchev–Trinajstić information content (AvgIpc) is 2.89. The van der Waals surface area contributed by atoms with Crippen LogP contribution in [0.1, 0.15) is 16.8 Å². The van der Waals surface area contributed by atoms with Crippen LogP contribution in [-0.4, -0.2) is 40.1 Å². The molecule has 0 aromatic heterocycles. The highest BCUT2D eigenvalue weighted by molar-refractivity contribution is 5.95. The Bertz CT molecular complexity index is 591. The number of amides is 1. The molecule has 20 heavy (non-hydrogen) atoms. The van der Waals surface area contributed by atoms with Gasteiger partial charge in [-0.3, -0.25) is 9.59 Å². The summed E-state index contributed by atoms with van der Waals surface area (Å²) in [5.41, 5.74) is -0.826. The molecule has 1 aliphatic rings. The number of benzene rings is 1. The van der Waals surface area contributed by atoms with Gasteiger partial charge in [-0.1, -0.05) is 0 Å². The van der Waals surface area contributed by atoms with Crippen LogP contribution < -0.4 is 0 Å². The molecule has 1 amide bonds. The fourth-order valence-corrected chi connectivity index (χ4v) is 2.06. The highest BCUT2D eigenvalue weighted by atomic mass is 19.2. The molecule has 1 aromatic carbocycles. The van der Waals surface area contributed by atoms with Gasteiger partial charge in [-0.2, -0.15) is 4.39 Å². The molecule has 2 rings (SSSR count). The number of aliphatic carboxylic acids is 1. The smallest absolute Gasteiger partial charge is 0.308 e. The van der Waals surface area contributed by atoms with Gasteiger partial charge >= 0.3 is 5.97 Å². The molecule has 1 aromatic rings. The molecule has 1 fully saturated rings. The lowest BCUT2D eigenvalue weighted by atomic mass is 10.1. The Labute approximate surface area is 111 Å². The number of phenolic OH excluding ortho intramolecular Hbond substituents is 1. The lowest BCUT2D eigenvalue weighted by molar-refractivity contribution is -0.141. The molecule has 108 valence electrons. The zero-order valence-corrected chi connectivity index (χ0v) is 10.1. The van der Waals surface area contributed by atoms with E-state index >= 15 is 0 Å². The van der Waals surface area contributed by atoms with Crippen molar-refractivity contribution in [2.75, 3.05) is 13.1 Å². The van der Waals surface area contributed by atoms with Crippen molar-refractivity contribution in [3.63, 3.8) is 0 Å². The molecule has 1 unspecified atom stereocenters. The maximum atomic E-state index is 13.6. The van der Waals surface area contributed by atoms with Crippen molar-refractivity contribution in [3.8, 4) is 5.75 Å². The predicted molar refractivity (Wildman–Crippen MR) is 59.6 cm³/mol. The van der Waals surface area contributed by atoms with Crippen molar-refractivity contribution in [3.05, 3.63) is 29.1 Å². The lowest BCUT2D eigenvalue weighted by Gasteiger charge is -2.16. The fourth-order valence-electron chi connectivity index (χ4n) is 2.06. The second-order valence-corrected chi connectivity index (χ2v) is 4.46. The Balaban J connectivity index is 2.29. The summed E-state index contributed by atoms with van der Waals surface area (Å²) >= 11 is 0. The Morgan fingerprint density at radius 3 is 2.45 bits per heavy atom. The molecule has 1 atom stereocenters. The maximum Gasteiger partial charge on any atom is 0.308 e. The molecule has 1 heterocycles. The number of nitrogens with zero attached hydrogens (tertiary/aromatic N) is 1. The number of carbonyl (C=O) groups excluding carboxylic acids is 1. The van der Waals surface area contributed by atoms with Gasteiger partial charge in [0.2, 0.25) is 5.82 Å². The maximum absolute atomic E-state index is 13.6. The number of halogens is 3. The van der Waals surface area contributed by atoms with E-state index in [-0.39, 0.29) is 19.5 Å². The first-order chi connectivity index (χ1) is 9.32. The first kappa shape index (κ1) is 14.2. The van der Waals surface area contributed by atoms with Crippen molar-refractivity contribution in [1.29, 1.82) is 0 Å². The predicted octanol–water partition coefficient (Wildman–Crippen LogP) is 1.36. The van der Waals surface area contributed by atoms with E-state index in [2.05, 4.69) is 0 Å². The lowest BCUT2D eigenvalue weighted by Crippen LogP contribution is -2.30. The normalized spacial score (nSPS) is 18.4. The number of aromatic hydroxyl groups is 1. The quantitative estimate of drug-likeness (QED) is 0.806. The van der Waals surface area contributed by atoms with E-state index < -0.39 is 46.6 Å². The van der Waals surface area contributed by atoms with Gasteiger partial charge in [0.15, 0.2) is 17.4 Å². The van der Waals surface area contributed by atoms with Gasteiger partial charge < -0.3 is 15.1 Å². The number of hydrogen-bond acceptors (Lipinski definition) is 3. The van der Waals surface area contributed by atoms with Crippen LogP contribution in [0, 0.1) is 23.4 Å². The first-order valence-electron chi connectivity index (χ1n) is 5.71. The molecule has 0 spiro atoms. The van der Waals surface area contributed by atoms with E-state index in [0.29, 0.717) is 6.07 Å². The van der Waals surface area contributed by atoms with E-state index in [1.54, 1.807) is 0 Å². The largest absolute Gasteiger partial charge is 0.503 e. The number of likely N-dealkylation sites (tertiary alicyclic amines) is 1. The van der Waals surface area contributed by atoms with E-state index in [1.165, 1.54) is 0 Å². The third kappa shape index (κ3) is 2.28. The summed E-state index contributed by atoms with van der Waals surface area (Å²) in [7, 11) is 0. The molecule has 0 bridgehead atoms. The van der Waals surface area contributed by atoms with Crippen LogP contribution in [0.25, 0.3) is 0 Å². The minimum atomic E-state index is -1.77. The topological polar surface area (TPSA) is 77.8 Å². The van der Waals surface area contributed by atoms with Gasteiger partial charge in [0, 0.05) is 13.1 Å². The second kappa shape index (κ2) is 5.03. The Morgan fingerprint density at radius 2 is 1.90 bits per heavy atom. The number of rotatable bonds is 2. The van der Waals surface area contributed by atoms with Gasteiger partial charge in [-0.05, 0) is 12.5 Å². The molecule has 1 saturated heterocycles. The molecular formula is C12H10F3NO4. The Hall–Kier alpha value is -2.25. The Kier molecular flexibility index (Phi) is 3.56. The monoisotopic (exact) mass is 289 g/mol. The summed E-state index contributed by atoms with van der Waals surface area (Å²) in [4.78, 5) is 23.7. The van der Waals surface area contributed by atoms with Crippen LogP contribution in [0.5, 0.6) is 5.75 Å². The SMILES string of the molecule is O=C(O)C1CCN(C(=O)c2cc(F)c(F)c(O)c2F)C1. The third-order valence-electron chi connectivity index (χ3n) is 3.19. The number of carbonyl (C=O) groups is 2. The minimum absolute atomic E-state index is 0.0645. The fraction of sp³-hybridized carbons (Fsp3) is 0.333. The summed E-state index contributed by atoms with van der Waals surface area (Å²) in [6.45, 7) is -0.0810. The van der Waals surface area contributed by atoms with Crippen molar-refractivity contribution in [2.24, 2.45) is 5.92 Å². The third-order valence-corrected chi connectivity index (χ3v) is 3.19. The highest BCUT2D eigenvalue weighted by Crippen LogP contribution is 2.28. The van der Waals surface area contributed by atoms with Crippen LogP contribution in [-0.2, 0) is 4.79 Å². The van der Waals surface area contributed by atoms with Gasteiger partial charge in [0.1, 0.15) is 0 Å². The van der Waals surface area contributed by atoms with Crippen molar-refractivity contribution >= 4 is 11.9 Å². The van der Waals surface area contributed by atoms with Crippen LogP contribution in [0.15, 0.2) is 6.07 Å². The van der Waals surface area contributed by atoms with Gasteiger partial charge in [-0.15, -0.1) is 0 Å². The van der Waals surface area contributed by atoms with Crippen LogP contribution in [0.3, 0.4) is 0 Å².